The summed E-state index contributed by atoms with van der Waals surface area (Å²) in [5.74, 6) is 0.951. The molecule has 1 aromatic heterocycles. The van der Waals surface area contributed by atoms with Gasteiger partial charge in [-0.25, -0.2) is 0 Å². The first-order valence-electron chi connectivity index (χ1n) is 12.7. The van der Waals surface area contributed by atoms with Gasteiger partial charge in [0.1, 0.15) is 5.58 Å². The Labute approximate surface area is 216 Å². The van der Waals surface area contributed by atoms with Gasteiger partial charge in [-0.3, -0.25) is 14.5 Å². The highest BCUT2D eigenvalue weighted by molar-refractivity contribution is 6.10. The molecule has 0 spiro atoms. The number of carbonyl (C=O) groups excluding carboxylic acids is 1. The molecule has 37 heavy (non-hydrogen) atoms. The van der Waals surface area contributed by atoms with Crippen LogP contribution in [0.15, 0.2) is 63.8 Å². The van der Waals surface area contributed by atoms with Crippen LogP contribution in [0.4, 0.5) is 5.69 Å². The maximum absolute atomic E-state index is 13.9. The van der Waals surface area contributed by atoms with E-state index in [1.54, 1.807) is 11.0 Å². The Morgan fingerprint density at radius 3 is 2.41 bits per heavy atom. The van der Waals surface area contributed by atoms with Crippen LogP contribution in [0, 0.1) is 20.8 Å². The summed E-state index contributed by atoms with van der Waals surface area (Å²) in [7, 11) is 0. The van der Waals surface area contributed by atoms with Gasteiger partial charge >= 0.3 is 0 Å². The monoisotopic (exact) mass is 497 g/mol. The molecule has 2 heterocycles. The number of rotatable bonds is 7. The molecule has 0 N–H and O–H groups in total. The molecule has 6 heteroatoms. The van der Waals surface area contributed by atoms with Gasteiger partial charge in [0.15, 0.2) is 16.9 Å². The highest BCUT2D eigenvalue weighted by atomic mass is 16.5. The van der Waals surface area contributed by atoms with E-state index in [1.165, 1.54) is 0 Å². The van der Waals surface area contributed by atoms with Gasteiger partial charge in [-0.2, -0.15) is 0 Å². The second-order valence-electron chi connectivity index (χ2n) is 9.51. The molecule has 3 aromatic carbocycles. The highest BCUT2D eigenvalue weighted by Gasteiger charge is 2.44. The molecule has 190 valence electrons. The molecule has 5 rings (SSSR count). The first-order valence-corrected chi connectivity index (χ1v) is 12.7. The second kappa shape index (κ2) is 9.77. The third kappa shape index (κ3) is 4.26. The van der Waals surface area contributed by atoms with Crippen LogP contribution < -0.4 is 19.8 Å². The third-order valence-electron chi connectivity index (χ3n) is 6.84. The fourth-order valence-electron chi connectivity index (χ4n) is 4.84. The molecule has 0 bridgehead atoms. The van der Waals surface area contributed by atoms with Crippen molar-refractivity contribution in [3.05, 3.63) is 98.4 Å². The van der Waals surface area contributed by atoms with Gasteiger partial charge in [-0.05, 0) is 87.2 Å². The molecule has 1 unspecified atom stereocenters. The van der Waals surface area contributed by atoms with E-state index in [-0.39, 0.29) is 17.1 Å². The fourth-order valence-corrected chi connectivity index (χ4v) is 4.84. The Bertz CT molecular complexity index is 1570. The lowest BCUT2D eigenvalue weighted by Crippen LogP contribution is -2.29. The average molecular weight is 498 g/mol. The molecule has 0 saturated carbocycles. The molecule has 1 amide bonds. The number of benzene rings is 3. The molecule has 0 fully saturated rings. The molecule has 4 aromatic rings. The van der Waals surface area contributed by atoms with E-state index in [9.17, 15) is 9.59 Å². The van der Waals surface area contributed by atoms with Crippen LogP contribution in [0.25, 0.3) is 11.0 Å². The molecular weight excluding hydrogens is 466 g/mol. The number of aryl methyl sites for hydroxylation is 3. The third-order valence-corrected chi connectivity index (χ3v) is 6.84. The molecular formula is C31H31NO5. The summed E-state index contributed by atoms with van der Waals surface area (Å²) < 4.78 is 17.9. The van der Waals surface area contributed by atoms with Crippen LogP contribution in [0.1, 0.15) is 64.7 Å². The van der Waals surface area contributed by atoms with E-state index >= 15 is 0 Å². The van der Waals surface area contributed by atoms with E-state index in [0.29, 0.717) is 46.9 Å². The maximum atomic E-state index is 13.9. The summed E-state index contributed by atoms with van der Waals surface area (Å²) in [6, 6.07) is 16.3. The van der Waals surface area contributed by atoms with Gasteiger partial charge in [0, 0.05) is 5.69 Å². The van der Waals surface area contributed by atoms with Crippen molar-refractivity contribution in [3.63, 3.8) is 0 Å². The van der Waals surface area contributed by atoms with Crippen molar-refractivity contribution < 1.29 is 18.7 Å². The number of ether oxygens (including phenoxy) is 2. The summed E-state index contributed by atoms with van der Waals surface area (Å²) in [5.41, 5.74) is 5.11. The number of hydrogen-bond acceptors (Lipinski definition) is 5. The van der Waals surface area contributed by atoms with Crippen LogP contribution in [-0.2, 0) is 0 Å². The van der Waals surface area contributed by atoms with Crippen LogP contribution >= 0.6 is 0 Å². The molecule has 0 saturated heterocycles. The smallest absolute Gasteiger partial charge is 0.295 e. The number of anilines is 1. The minimum Gasteiger partial charge on any atom is -0.490 e. The van der Waals surface area contributed by atoms with E-state index in [1.807, 2.05) is 83.1 Å². The summed E-state index contributed by atoms with van der Waals surface area (Å²) >= 11 is 0. The lowest BCUT2D eigenvalue weighted by molar-refractivity contribution is 0.0971. The number of amides is 1. The largest absolute Gasteiger partial charge is 0.490 e. The van der Waals surface area contributed by atoms with Gasteiger partial charge in [0.25, 0.3) is 5.91 Å². The van der Waals surface area contributed by atoms with E-state index in [0.717, 1.165) is 28.7 Å². The average Bonchev–Trinajstić information content (AvgIpc) is 3.18. The Hall–Kier alpha value is -4.06. The quantitative estimate of drug-likeness (QED) is 0.286. The molecule has 1 atom stereocenters. The first-order chi connectivity index (χ1) is 17.8. The predicted octanol–water partition coefficient (Wildman–Crippen LogP) is 6.66. The van der Waals surface area contributed by atoms with Gasteiger partial charge in [-0.1, -0.05) is 30.7 Å². The zero-order valence-corrected chi connectivity index (χ0v) is 21.9. The minimum absolute atomic E-state index is 0.0776. The number of carbonyl (C=O) groups is 1. The highest BCUT2D eigenvalue weighted by Crippen LogP contribution is 2.43. The van der Waals surface area contributed by atoms with Gasteiger partial charge in [0.2, 0.25) is 5.76 Å². The van der Waals surface area contributed by atoms with Gasteiger partial charge in [0.05, 0.1) is 30.2 Å². The maximum Gasteiger partial charge on any atom is 0.295 e. The Morgan fingerprint density at radius 2 is 1.68 bits per heavy atom. The zero-order chi connectivity index (χ0) is 26.3. The number of hydrogen-bond donors (Lipinski definition) is 0. The zero-order valence-electron chi connectivity index (χ0n) is 21.9. The van der Waals surface area contributed by atoms with Crippen molar-refractivity contribution >= 4 is 22.6 Å². The van der Waals surface area contributed by atoms with Crippen LogP contribution in [0.2, 0.25) is 0 Å². The van der Waals surface area contributed by atoms with E-state index in [2.05, 4.69) is 0 Å². The lowest BCUT2D eigenvalue weighted by atomic mass is 9.97. The Balaban J connectivity index is 1.76. The SMILES string of the molecule is CCCOc1ccc(C2c3c(oc4ccc(C)cc4c3=O)C(=O)N2c2ccc(C)c(C)c2)cc1OCC. The van der Waals surface area contributed by atoms with Crippen molar-refractivity contribution in [2.75, 3.05) is 18.1 Å². The van der Waals surface area contributed by atoms with Crippen LogP contribution in [-0.4, -0.2) is 19.1 Å². The Kier molecular flexibility index (Phi) is 6.50. The predicted molar refractivity (Wildman–Crippen MR) is 145 cm³/mol. The molecule has 0 aliphatic carbocycles. The van der Waals surface area contributed by atoms with Crippen molar-refractivity contribution in [1.29, 1.82) is 0 Å². The van der Waals surface area contributed by atoms with Crippen LogP contribution in [0.3, 0.4) is 0 Å². The number of fused-ring (bicyclic) bond motifs is 2. The molecule has 1 aliphatic rings. The van der Waals surface area contributed by atoms with E-state index in [4.69, 9.17) is 13.9 Å². The van der Waals surface area contributed by atoms with Gasteiger partial charge in [-0.15, -0.1) is 0 Å². The minimum atomic E-state index is -0.676. The number of nitrogens with zero attached hydrogens (tertiary/aromatic N) is 1. The second-order valence-corrected chi connectivity index (χ2v) is 9.51. The molecule has 0 radical (unpaired) electrons. The normalized spacial score (nSPS) is 14.8. The fraction of sp³-hybridized carbons (Fsp3) is 0.290. The summed E-state index contributed by atoms with van der Waals surface area (Å²) in [6.07, 6.45) is 0.867. The van der Waals surface area contributed by atoms with Crippen molar-refractivity contribution in [2.24, 2.45) is 0 Å². The summed E-state index contributed by atoms with van der Waals surface area (Å²) in [4.78, 5) is 29.5. The standard InChI is InChI=1S/C31H31NO5/c1-6-14-36-25-13-10-21(17-26(25)35-7-2)28-27-29(33)23-15-18(3)8-12-24(23)37-30(27)31(34)32(28)22-11-9-19(4)20(5)16-22/h8-13,15-17,28H,6-7,14H2,1-5H3. The van der Waals surface area contributed by atoms with Crippen molar-refractivity contribution in [3.8, 4) is 11.5 Å². The Morgan fingerprint density at radius 1 is 0.865 bits per heavy atom. The molecule has 6 nitrogen and oxygen atoms in total. The summed E-state index contributed by atoms with van der Waals surface area (Å²) in [6.45, 7) is 10.9. The van der Waals surface area contributed by atoms with Crippen molar-refractivity contribution in [1.82, 2.24) is 0 Å². The molecule has 1 aliphatic heterocycles. The summed E-state index contributed by atoms with van der Waals surface area (Å²) in [5, 5.41) is 0.464. The first kappa shape index (κ1) is 24.6. The van der Waals surface area contributed by atoms with E-state index < -0.39 is 6.04 Å². The topological polar surface area (TPSA) is 69.0 Å². The lowest BCUT2D eigenvalue weighted by Gasteiger charge is -2.26. The van der Waals surface area contributed by atoms with Crippen molar-refractivity contribution in [2.45, 2.75) is 47.1 Å². The van der Waals surface area contributed by atoms with Crippen LogP contribution in [0.5, 0.6) is 11.5 Å². The van der Waals surface area contributed by atoms with Gasteiger partial charge < -0.3 is 13.9 Å².